The second kappa shape index (κ2) is 11.8. The Labute approximate surface area is 216 Å². The SMILES string of the molecule is CCOC(=O)c1sc(NC(=O)CSc2nnc(-c3csc(C)c3C)n2CC)c(C(=O)OCC)c1C. The van der Waals surface area contributed by atoms with Crippen molar-refractivity contribution in [3.8, 4) is 11.4 Å². The monoisotopic (exact) mass is 536 g/mol. The Hall–Kier alpha value is -2.70. The molecule has 0 saturated carbocycles. The lowest BCUT2D eigenvalue weighted by Crippen LogP contribution is -2.17. The largest absolute Gasteiger partial charge is 0.462 e. The van der Waals surface area contributed by atoms with Gasteiger partial charge in [0.2, 0.25) is 5.91 Å². The van der Waals surface area contributed by atoms with Gasteiger partial charge in [-0.15, -0.1) is 32.9 Å². The van der Waals surface area contributed by atoms with Crippen LogP contribution in [0, 0.1) is 20.8 Å². The second-order valence-corrected chi connectivity index (χ2v) is 10.5. The number of esters is 2. The first kappa shape index (κ1) is 26.9. The Kier molecular flexibility index (Phi) is 9.09. The molecule has 0 fully saturated rings. The predicted molar refractivity (Wildman–Crippen MR) is 139 cm³/mol. The predicted octanol–water partition coefficient (Wildman–Crippen LogP) is 5.10. The first-order chi connectivity index (χ1) is 16.7. The molecule has 1 amide bonds. The van der Waals surface area contributed by atoms with Crippen molar-refractivity contribution in [3.05, 3.63) is 31.8 Å². The highest BCUT2D eigenvalue weighted by atomic mass is 32.2. The van der Waals surface area contributed by atoms with E-state index in [1.165, 1.54) is 22.2 Å². The number of nitrogens with one attached hydrogen (secondary N) is 1. The quantitative estimate of drug-likeness (QED) is 0.281. The summed E-state index contributed by atoms with van der Waals surface area (Å²) in [7, 11) is 0. The summed E-state index contributed by atoms with van der Waals surface area (Å²) < 4.78 is 12.2. The molecule has 3 aromatic heterocycles. The van der Waals surface area contributed by atoms with Crippen LogP contribution in [0.1, 0.15) is 56.8 Å². The lowest BCUT2D eigenvalue weighted by Gasteiger charge is -2.08. The van der Waals surface area contributed by atoms with Crippen LogP contribution in [0.5, 0.6) is 0 Å². The summed E-state index contributed by atoms with van der Waals surface area (Å²) in [4.78, 5) is 39.2. The third-order valence-electron chi connectivity index (χ3n) is 5.23. The van der Waals surface area contributed by atoms with Crippen molar-refractivity contribution in [1.82, 2.24) is 14.8 Å². The third-order valence-corrected chi connectivity index (χ3v) is 8.40. The molecule has 0 aromatic carbocycles. The van der Waals surface area contributed by atoms with Gasteiger partial charge >= 0.3 is 11.9 Å². The summed E-state index contributed by atoms with van der Waals surface area (Å²) in [5.41, 5.74) is 2.80. The first-order valence-electron chi connectivity index (χ1n) is 11.1. The number of aromatic nitrogens is 3. The fraction of sp³-hybridized carbons (Fsp3) is 0.435. The average molecular weight is 537 g/mol. The minimum Gasteiger partial charge on any atom is -0.462 e. The summed E-state index contributed by atoms with van der Waals surface area (Å²) in [6, 6.07) is 0. The molecule has 0 atom stereocenters. The van der Waals surface area contributed by atoms with E-state index in [1.807, 2.05) is 11.5 Å². The Morgan fingerprint density at radius 2 is 1.71 bits per heavy atom. The van der Waals surface area contributed by atoms with E-state index < -0.39 is 11.9 Å². The maximum Gasteiger partial charge on any atom is 0.348 e. The minimum absolute atomic E-state index is 0.0493. The van der Waals surface area contributed by atoms with Crippen LogP contribution in [0.15, 0.2) is 10.5 Å². The van der Waals surface area contributed by atoms with Gasteiger partial charge in [0.1, 0.15) is 9.88 Å². The van der Waals surface area contributed by atoms with Crippen molar-refractivity contribution in [3.63, 3.8) is 0 Å². The molecule has 0 saturated heterocycles. The second-order valence-electron chi connectivity index (χ2n) is 7.42. The molecule has 3 rings (SSSR count). The van der Waals surface area contributed by atoms with Gasteiger partial charge in [-0.1, -0.05) is 11.8 Å². The van der Waals surface area contributed by atoms with Crippen LogP contribution >= 0.6 is 34.4 Å². The Morgan fingerprint density at radius 3 is 2.31 bits per heavy atom. The van der Waals surface area contributed by atoms with Gasteiger partial charge < -0.3 is 19.4 Å². The summed E-state index contributed by atoms with van der Waals surface area (Å²) in [6.07, 6.45) is 0. The van der Waals surface area contributed by atoms with E-state index in [9.17, 15) is 14.4 Å². The van der Waals surface area contributed by atoms with E-state index in [2.05, 4.69) is 34.7 Å². The van der Waals surface area contributed by atoms with Crippen molar-refractivity contribution in [2.75, 3.05) is 24.3 Å². The lowest BCUT2D eigenvalue weighted by molar-refractivity contribution is -0.113. The fourth-order valence-electron chi connectivity index (χ4n) is 3.35. The average Bonchev–Trinajstić information content (AvgIpc) is 3.47. The van der Waals surface area contributed by atoms with E-state index in [0.717, 1.165) is 22.7 Å². The summed E-state index contributed by atoms with van der Waals surface area (Å²) in [5, 5.41) is 14.4. The van der Waals surface area contributed by atoms with Gasteiger partial charge in [0, 0.05) is 22.4 Å². The Bertz CT molecular complexity index is 1240. The van der Waals surface area contributed by atoms with Crippen LogP contribution in [0.4, 0.5) is 5.00 Å². The number of amides is 1. The lowest BCUT2D eigenvalue weighted by atomic mass is 10.1. The normalized spacial score (nSPS) is 10.9. The molecule has 0 aliphatic rings. The van der Waals surface area contributed by atoms with E-state index in [-0.39, 0.29) is 40.3 Å². The molecule has 12 heteroatoms. The number of hydrogen-bond donors (Lipinski definition) is 1. The first-order valence-corrected chi connectivity index (χ1v) is 13.8. The summed E-state index contributed by atoms with van der Waals surface area (Å²) in [6.45, 7) is 12.2. The van der Waals surface area contributed by atoms with Gasteiger partial charge in [0.25, 0.3) is 0 Å². The molecule has 1 N–H and O–H groups in total. The number of aryl methyl sites for hydroxylation is 1. The van der Waals surface area contributed by atoms with E-state index in [1.54, 1.807) is 32.1 Å². The highest BCUT2D eigenvalue weighted by Crippen LogP contribution is 2.35. The van der Waals surface area contributed by atoms with Crippen molar-refractivity contribution in [2.45, 2.75) is 53.2 Å². The van der Waals surface area contributed by atoms with Gasteiger partial charge in [0.05, 0.1) is 24.5 Å². The highest BCUT2D eigenvalue weighted by Gasteiger charge is 2.27. The number of ether oxygens (including phenoxy) is 2. The van der Waals surface area contributed by atoms with Gasteiger partial charge in [-0.25, -0.2) is 9.59 Å². The number of rotatable bonds is 10. The number of carbonyl (C=O) groups excluding carboxylic acids is 3. The van der Waals surface area contributed by atoms with Gasteiger partial charge in [0.15, 0.2) is 11.0 Å². The number of hydrogen-bond acceptors (Lipinski definition) is 10. The van der Waals surface area contributed by atoms with Crippen LogP contribution in [0.2, 0.25) is 0 Å². The number of carbonyl (C=O) groups is 3. The standard InChI is InChI=1S/C23H28N4O5S3/c1-7-27-19(15-10-33-14(6)12(15)4)25-26-23(27)34-11-16(28)24-20-17(21(29)31-8-2)13(5)18(35-20)22(30)32-9-3/h10H,7-9,11H2,1-6H3,(H,24,28). The number of thioether (sulfide) groups is 1. The van der Waals surface area contributed by atoms with Gasteiger partial charge in [-0.3, -0.25) is 4.79 Å². The number of nitrogens with zero attached hydrogens (tertiary/aromatic N) is 3. The van der Waals surface area contributed by atoms with Crippen LogP contribution in [0.3, 0.4) is 0 Å². The molecule has 35 heavy (non-hydrogen) atoms. The van der Waals surface area contributed by atoms with Gasteiger partial charge in [-0.05, 0) is 52.7 Å². The molecule has 3 heterocycles. The van der Waals surface area contributed by atoms with Gasteiger partial charge in [-0.2, -0.15) is 0 Å². The minimum atomic E-state index is -0.600. The fourth-order valence-corrected chi connectivity index (χ4v) is 6.12. The molecule has 0 spiro atoms. The molecule has 0 bridgehead atoms. The van der Waals surface area contributed by atoms with Crippen molar-refractivity contribution in [2.24, 2.45) is 0 Å². The summed E-state index contributed by atoms with van der Waals surface area (Å²) in [5.74, 6) is -0.662. The van der Waals surface area contributed by atoms with E-state index >= 15 is 0 Å². The zero-order chi connectivity index (χ0) is 25.7. The molecule has 0 aliphatic carbocycles. The van der Waals surface area contributed by atoms with E-state index in [4.69, 9.17) is 9.47 Å². The third kappa shape index (κ3) is 5.76. The van der Waals surface area contributed by atoms with Crippen molar-refractivity contribution >= 4 is 57.3 Å². The number of thiophene rings is 2. The molecule has 0 radical (unpaired) electrons. The molecular formula is C23H28N4O5S3. The van der Waals surface area contributed by atoms with E-state index in [0.29, 0.717) is 17.3 Å². The van der Waals surface area contributed by atoms with Crippen molar-refractivity contribution < 1.29 is 23.9 Å². The zero-order valence-electron chi connectivity index (χ0n) is 20.5. The molecular weight excluding hydrogens is 508 g/mol. The smallest absolute Gasteiger partial charge is 0.348 e. The van der Waals surface area contributed by atoms with Crippen LogP contribution in [-0.4, -0.2) is 51.6 Å². The maximum atomic E-state index is 12.8. The van der Waals surface area contributed by atoms with Crippen molar-refractivity contribution in [1.29, 1.82) is 0 Å². The topological polar surface area (TPSA) is 112 Å². The van der Waals surface area contributed by atoms with Crippen LogP contribution in [0.25, 0.3) is 11.4 Å². The molecule has 188 valence electrons. The highest BCUT2D eigenvalue weighted by molar-refractivity contribution is 7.99. The zero-order valence-corrected chi connectivity index (χ0v) is 23.0. The van der Waals surface area contributed by atoms with Crippen LogP contribution in [-0.2, 0) is 20.8 Å². The Morgan fingerprint density at radius 1 is 1.03 bits per heavy atom. The molecule has 3 aromatic rings. The molecule has 0 unspecified atom stereocenters. The molecule has 9 nitrogen and oxygen atoms in total. The summed E-state index contributed by atoms with van der Waals surface area (Å²) >= 11 is 3.92. The number of anilines is 1. The van der Waals surface area contributed by atoms with Crippen LogP contribution < -0.4 is 5.32 Å². The maximum absolute atomic E-state index is 12.8. The molecule has 0 aliphatic heterocycles. The Balaban J connectivity index is 1.79.